The van der Waals surface area contributed by atoms with Crippen LogP contribution in [0.2, 0.25) is 0 Å². The fraction of sp³-hybridized carbons (Fsp3) is 0.250. The topological polar surface area (TPSA) is 88.2 Å². The predicted molar refractivity (Wildman–Crippen MR) is 89.0 cm³/mol. The molecule has 6 nitrogen and oxygen atoms in total. The van der Waals surface area contributed by atoms with Crippen LogP contribution in [0.1, 0.15) is 37.7 Å². The first kappa shape index (κ1) is 16.8. The van der Waals surface area contributed by atoms with Gasteiger partial charge in [-0.15, -0.1) is 0 Å². The molecule has 0 saturated carbocycles. The monoisotopic (exact) mass is 331 g/mol. The van der Waals surface area contributed by atoms with Gasteiger partial charge in [-0.05, 0) is 26.0 Å². The van der Waals surface area contributed by atoms with Crippen LogP contribution in [0.3, 0.4) is 0 Å². The van der Waals surface area contributed by atoms with Crippen molar-refractivity contribution in [2.75, 3.05) is 11.9 Å². The molecule has 0 atom stereocenters. The van der Waals surface area contributed by atoms with E-state index in [4.69, 9.17) is 0 Å². The maximum atomic E-state index is 11.9. The summed E-state index contributed by atoms with van der Waals surface area (Å²) in [6, 6.07) is 7.23. The van der Waals surface area contributed by atoms with Crippen LogP contribution in [0.4, 0.5) is 5.13 Å². The molecule has 0 saturated heterocycles. The van der Waals surface area contributed by atoms with Gasteiger partial charge in [-0.2, -0.15) is 0 Å². The summed E-state index contributed by atoms with van der Waals surface area (Å²) in [4.78, 5) is 39.1. The van der Waals surface area contributed by atoms with Crippen LogP contribution in [0.25, 0.3) is 0 Å². The molecule has 0 aliphatic heterocycles. The van der Waals surface area contributed by atoms with Crippen LogP contribution < -0.4 is 10.6 Å². The maximum absolute atomic E-state index is 11.9. The molecule has 2 N–H and O–H groups in total. The molecule has 0 radical (unpaired) electrons. The van der Waals surface area contributed by atoms with E-state index >= 15 is 0 Å². The van der Waals surface area contributed by atoms with Crippen molar-refractivity contribution in [1.82, 2.24) is 10.3 Å². The largest absolute Gasteiger partial charge is 0.352 e. The fourth-order valence-corrected chi connectivity index (χ4v) is 2.73. The Labute approximate surface area is 137 Å². The third-order valence-electron chi connectivity index (χ3n) is 3.10. The van der Waals surface area contributed by atoms with Gasteiger partial charge in [-0.25, -0.2) is 4.98 Å². The van der Waals surface area contributed by atoms with Gasteiger partial charge in [0.05, 0.1) is 10.6 Å². The Bertz CT molecular complexity index is 740. The van der Waals surface area contributed by atoms with Crippen molar-refractivity contribution in [3.8, 4) is 0 Å². The molecule has 7 heteroatoms. The standard InChI is InChI=1S/C16H17N3O3S/c1-10-4-3-5-12(8-10)15(22)17-7-6-14(21)19-16-18-11(2)13(9-20)23-16/h3-5,8-9H,6-7H2,1-2H3,(H,17,22)(H,18,19,21). The predicted octanol–water partition coefficient (Wildman–Crippen LogP) is 2.33. The van der Waals surface area contributed by atoms with E-state index in [1.54, 1.807) is 19.1 Å². The molecule has 0 aliphatic carbocycles. The molecule has 0 unspecified atom stereocenters. The quantitative estimate of drug-likeness (QED) is 0.795. The Hall–Kier alpha value is -2.54. The summed E-state index contributed by atoms with van der Waals surface area (Å²) in [7, 11) is 0. The van der Waals surface area contributed by atoms with E-state index in [1.807, 2.05) is 19.1 Å². The minimum atomic E-state index is -0.263. The number of benzene rings is 1. The van der Waals surface area contributed by atoms with Gasteiger partial charge in [-0.3, -0.25) is 14.4 Å². The van der Waals surface area contributed by atoms with Crippen molar-refractivity contribution in [2.45, 2.75) is 20.3 Å². The van der Waals surface area contributed by atoms with E-state index in [-0.39, 0.29) is 24.8 Å². The number of carbonyl (C=O) groups excluding carboxylic acids is 3. The van der Waals surface area contributed by atoms with Crippen molar-refractivity contribution < 1.29 is 14.4 Å². The molecular weight excluding hydrogens is 314 g/mol. The SMILES string of the molecule is Cc1cccc(C(=O)NCCC(=O)Nc2nc(C)c(C=O)s2)c1. The highest BCUT2D eigenvalue weighted by molar-refractivity contribution is 7.17. The summed E-state index contributed by atoms with van der Waals surface area (Å²) in [6.07, 6.45) is 0.845. The van der Waals surface area contributed by atoms with Gasteiger partial charge < -0.3 is 10.6 Å². The van der Waals surface area contributed by atoms with Gasteiger partial charge in [0.1, 0.15) is 0 Å². The van der Waals surface area contributed by atoms with E-state index in [1.165, 1.54) is 0 Å². The minimum Gasteiger partial charge on any atom is -0.352 e. The summed E-state index contributed by atoms with van der Waals surface area (Å²) in [5.41, 5.74) is 2.16. The molecular formula is C16H17N3O3S. The number of hydrogen-bond donors (Lipinski definition) is 2. The molecule has 0 bridgehead atoms. The molecule has 120 valence electrons. The lowest BCUT2D eigenvalue weighted by Gasteiger charge is -2.05. The average molecular weight is 331 g/mol. The lowest BCUT2D eigenvalue weighted by Crippen LogP contribution is -2.27. The molecule has 1 aromatic carbocycles. The molecule has 0 spiro atoms. The Balaban J connectivity index is 1.80. The van der Waals surface area contributed by atoms with Crippen LogP contribution in [-0.4, -0.2) is 29.6 Å². The highest BCUT2D eigenvalue weighted by Crippen LogP contribution is 2.20. The van der Waals surface area contributed by atoms with Crippen molar-refractivity contribution in [2.24, 2.45) is 0 Å². The first-order valence-corrected chi connectivity index (χ1v) is 7.88. The molecule has 2 aromatic rings. The minimum absolute atomic E-state index is 0.132. The number of aryl methyl sites for hydroxylation is 2. The molecule has 1 heterocycles. The molecule has 0 fully saturated rings. The number of carbonyl (C=O) groups is 3. The van der Waals surface area contributed by atoms with Gasteiger partial charge in [0.15, 0.2) is 11.4 Å². The summed E-state index contributed by atoms with van der Waals surface area (Å²) < 4.78 is 0. The lowest BCUT2D eigenvalue weighted by molar-refractivity contribution is -0.116. The highest BCUT2D eigenvalue weighted by Gasteiger charge is 2.10. The Morgan fingerprint density at radius 3 is 2.74 bits per heavy atom. The Morgan fingerprint density at radius 2 is 2.09 bits per heavy atom. The van der Waals surface area contributed by atoms with Crippen LogP contribution in [0, 0.1) is 13.8 Å². The second-order valence-electron chi connectivity index (χ2n) is 5.01. The number of rotatable bonds is 6. The number of hydrogen-bond acceptors (Lipinski definition) is 5. The second-order valence-corrected chi connectivity index (χ2v) is 6.04. The van der Waals surface area contributed by atoms with E-state index in [2.05, 4.69) is 15.6 Å². The number of aldehydes is 1. The number of nitrogens with one attached hydrogen (secondary N) is 2. The first-order valence-electron chi connectivity index (χ1n) is 7.07. The molecule has 23 heavy (non-hydrogen) atoms. The smallest absolute Gasteiger partial charge is 0.251 e. The maximum Gasteiger partial charge on any atom is 0.251 e. The lowest BCUT2D eigenvalue weighted by atomic mass is 10.1. The Kier molecular flexibility index (Phi) is 5.59. The summed E-state index contributed by atoms with van der Waals surface area (Å²) >= 11 is 1.13. The summed E-state index contributed by atoms with van der Waals surface area (Å²) in [5.74, 6) is -0.476. The van der Waals surface area contributed by atoms with Crippen molar-refractivity contribution in [3.63, 3.8) is 0 Å². The van der Waals surface area contributed by atoms with Gasteiger partial charge in [0, 0.05) is 18.5 Å². The third-order valence-corrected chi connectivity index (χ3v) is 4.10. The van der Waals surface area contributed by atoms with Crippen molar-refractivity contribution in [1.29, 1.82) is 0 Å². The molecule has 2 amide bonds. The van der Waals surface area contributed by atoms with Gasteiger partial charge >= 0.3 is 0 Å². The van der Waals surface area contributed by atoms with Crippen molar-refractivity contribution >= 4 is 34.6 Å². The molecule has 1 aromatic heterocycles. The van der Waals surface area contributed by atoms with Crippen LogP contribution >= 0.6 is 11.3 Å². The van der Waals surface area contributed by atoms with E-state index in [0.717, 1.165) is 16.9 Å². The van der Waals surface area contributed by atoms with Crippen LogP contribution in [-0.2, 0) is 4.79 Å². The highest BCUT2D eigenvalue weighted by atomic mass is 32.1. The van der Waals surface area contributed by atoms with Gasteiger partial charge in [0.2, 0.25) is 5.91 Å². The van der Waals surface area contributed by atoms with E-state index in [0.29, 0.717) is 27.6 Å². The third kappa shape index (κ3) is 4.72. The second kappa shape index (κ2) is 7.64. The molecule has 2 rings (SSSR count). The van der Waals surface area contributed by atoms with Gasteiger partial charge in [0.25, 0.3) is 5.91 Å². The average Bonchev–Trinajstić information content (AvgIpc) is 2.86. The fourth-order valence-electron chi connectivity index (χ4n) is 1.93. The molecule has 0 aliphatic rings. The van der Waals surface area contributed by atoms with Crippen molar-refractivity contribution in [3.05, 3.63) is 46.0 Å². The number of thiazole rings is 1. The van der Waals surface area contributed by atoms with E-state index < -0.39 is 0 Å². The zero-order valence-electron chi connectivity index (χ0n) is 12.9. The van der Waals surface area contributed by atoms with Crippen LogP contribution in [0.15, 0.2) is 24.3 Å². The number of aromatic nitrogens is 1. The number of amides is 2. The normalized spacial score (nSPS) is 10.2. The number of anilines is 1. The zero-order valence-corrected chi connectivity index (χ0v) is 13.7. The Morgan fingerprint density at radius 1 is 1.30 bits per heavy atom. The van der Waals surface area contributed by atoms with Gasteiger partial charge in [-0.1, -0.05) is 29.0 Å². The summed E-state index contributed by atoms with van der Waals surface area (Å²) in [5, 5.41) is 5.70. The van der Waals surface area contributed by atoms with Crippen LogP contribution in [0.5, 0.6) is 0 Å². The zero-order chi connectivity index (χ0) is 16.8. The first-order chi connectivity index (χ1) is 11.0. The number of nitrogens with zero attached hydrogens (tertiary/aromatic N) is 1. The van der Waals surface area contributed by atoms with E-state index in [9.17, 15) is 14.4 Å². The summed E-state index contributed by atoms with van der Waals surface area (Å²) in [6.45, 7) is 3.84.